The molecule has 0 atom stereocenters. The van der Waals surface area contributed by atoms with E-state index < -0.39 is 10.0 Å². The zero-order chi connectivity index (χ0) is 19.3. The summed E-state index contributed by atoms with van der Waals surface area (Å²) in [6.45, 7) is 0.643. The fraction of sp³-hybridized carbons (Fsp3) is 0.438. The molecule has 142 valence electrons. The van der Waals surface area contributed by atoms with Gasteiger partial charge in [-0.1, -0.05) is 19.3 Å². The van der Waals surface area contributed by atoms with Crippen LogP contribution in [0, 0.1) is 17.2 Å². The fourth-order valence-electron chi connectivity index (χ4n) is 3.01. The standard InChI is InChI=1S/C16H20N8O2S/c17-7-12-9-21-15(10-19-12)22-14-6-13(16(24-23-14)27(18,25)26)20-8-11-4-2-1-3-5-11/h6,9-11H,1-5,8H2,(H2,18,25,26)(H2,20,21,22,23). The summed E-state index contributed by atoms with van der Waals surface area (Å²) in [6.07, 6.45) is 8.54. The molecule has 2 aromatic heterocycles. The van der Waals surface area contributed by atoms with Gasteiger partial charge in [0.1, 0.15) is 11.9 Å². The van der Waals surface area contributed by atoms with Crippen molar-refractivity contribution in [2.24, 2.45) is 11.1 Å². The van der Waals surface area contributed by atoms with Crippen molar-refractivity contribution < 1.29 is 8.42 Å². The molecule has 3 rings (SSSR count). The molecule has 1 fully saturated rings. The van der Waals surface area contributed by atoms with Crippen molar-refractivity contribution in [3.63, 3.8) is 0 Å². The molecule has 0 unspecified atom stereocenters. The first kappa shape index (κ1) is 18.9. The molecule has 0 spiro atoms. The third-order valence-corrected chi connectivity index (χ3v) is 5.20. The van der Waals surface area contributed by atoms with E-state index >= 15 is 0 Å². The van der Waals surface area contributed by atoms with Crippen molar-refractivity contribution in [3.8, 4) is 6.07 Å². The number of nitrogens with one attached hydrogen (secondary N) is 2. The molecule has 0 amide bonds. The van der Waals surface area contributed by atoms with E-state index in [1.807, 2.05) is 6.07 Å². The number of primary sulfonamides is 1. The van der Waals surface area contributed by atoms with Crippen molar-refractivity contribution in [3.05, 3.63) is 24.2 Å². The molecule has 4 N–H and O–H groups in total. The summed E-state index contributed by atoms with van der Waals surface area (Å²) in [5.41, 5.74) is 0.480. The van der Waals surface area contributed by atoms with Crippen LogP contribution >= 0.6 is 0 Å². The van der Waals surface area contributed by atoms with E-state index in [1.54, 1.807) is 0 Å². The Morgan fingerprint density at radius 3 is 2.56 bits per heavy atom. The van der Waals surface area contributed by atoms with Crippen LogP contribution in [0.4, 0.5) is 17.3 Å². The predicted octanol–water partition coefficient (Wildman–Crippen LogP) is 1.52. The minimum absolute atomic E-state index is 0.186. The van der Waals surface area contributed by atoms with Crippen molar-refractivity contribution in [1.29, 1.82) is 5.26 Å². The van der Waals surface area contributed by atoms with Crippen LogP contribution in [0.1, 0.15) is 37.8 Å². The van der Waals surface area contributed by atoms with E-state index in [2.05, 4.69) is 30.8 Å². The Morgan fingerprint density at radius 2 is 1.93 bits per heavy atom. The van der Waals surface area contributed by atoms with Crippen LogP contribution in [0.3, 0.4) is 0 Å². The van der Waals surface area contributed by atoms with E-state index in [4.69, 9.17) is 10.4 Å². The number of nitriles is 1. The van der Waals surface area contributed by atoms with Gasteiger partial charge in [0, 0.05) is 12.6 Å². The number of nitrogens with zero attached hydrogens (tertiary/aromatic N) is 5. The average molecular weight is 388 g/mol. The van der Waals surface area contributed by atoms with Gasteiger partial charge in [-0.2, -0.15) is 5.26 Å². The molecule has 1 saturated carbocycles. The lowest BCUT2D eigenvalue weighted by molar-refractivity contribution is 0.373. The SMILES string of the molecule is N#Cc1cnc(Nc2cc(NCC3CCCCC3)c(S(N)(=O)=O)nn2)cn1. The summed E-state index contributed by atoms with van der Waals surface area (Å²) in [5, 5.41) is 27.3. The molecule has 1 aliphatic carbocycles. The van der Waals surface area contributed by atoms with E-state index in [1.165, 1.54) is 37.7 Å². The van der Waals surface area contributed by atoms with E-state index in [0.717, 1.165) is 12.8 Å². The van der Waals surface area contributed by atoms with Crippen LogP contribution in [0.5, 0.6) is 0 Å². The van der Waals surface area contributed by atoms with Gasteiger partial charge in [-0.05, 0) is 18.8 Å². The van der Waals surface area contributed by atoms with Crippen molar-refractivity contribution in [1.82, 2.24) is 20.2 Å². The van der Waals surface area contributed by atoms with Crippen LogP contribution in [0.2, 0.25) is 0 Å². The lowest BCUT2D eigenvalue weighted by Crippen LogP contribution is -2.21. The van der Waals surface area contributed by atoms with Crippen molar-refractivity contribution >= 4 is 27.3 Å². The van der Waals surface area contributed by atoms with Gasteiger partial charge in [0.05, 0.1) is 18.1 Å². The highest BCUT2D eigenvalue weighted by Crippen LogP contribution is 2.26. The second-order valence-corrected chi connectivity index (χ2v) is 7.88. The first-order valence-electron chi connectivity index (χ1n) is 8.59. The maximum absolute atomic E-state index is 11.8. The molecule has 2 aromatic rings. The molecular weight excluding hydrogens is 368 g/mol. The highest BCUT2D eigenvalue weighted by molar-refractivity contribution is 7.89. The minimum atomic E-state index is -4.01. The van der Waals surface area contributed by atoms with Gasteiger partial charge in [0.15, 0.2) is 11.5 Å². The van der Waals surface area contributed by atoms with Gasteiger partial charge in [0.25, 0.3) is 10.0 Å². The molecule has 0 radical (unpaired) electrons. The number of rotatable bonds is 6. The summed E-state index contributed by atoms with van der Waals surface area (Å²) in [5.74, 6) is 1.12. The number of sulfonamides is 1. The summed E-state index contributed by atoms with van der Waals surface area (Å²) in [6, 6.07) is 3.40. The van der Waals surface area contributed by atoms with Crippen molar-refractivity contribution in [2.75, 3.05) is 17.2 Å². The van der Waals surface area contributed by atoms with E-state index in [0.29, 0.717) is 24.0 Å². The van der Waals surface area contributed by atoms with Crippen LogP contribution in [0.25, 0.3) is 0 Å². The van der Waals surface area contributed by atoms with Gasteiger partial charge in [-0.25, -0.2) is 23.5 Å². The van der Waals surface area contributed by atoms with Gasteiger partial charge in [-0.15, -0.1) is 10.2 Å². The molecule has 10 nitrogen and oxygen atoms in total. The minimum Gasteiger partial charge on any atom is -0.382 e. The van der Waals surface area contributed by atoms with Gasteiger partial charge in [-0.3, -0.25) is 0 Å². The maximum Gasteiger partial charge on any atom is 0.259 e. The first-order chi connectivity index (χ1) is 13.0. The van der Waals surface area contributed by atoms with Gasteiger partial charge in [0.2, 0.25) is 5.03 Å². The zero-order valence-electron chi connectivity index (χ0n) is 14.6. The highest BCUT2D eigenvalue weighted by Gasteiger charge is 2.20. The van der Waals surface area contributed by atoms with Gasteiger partial charge < -0.3 is 10.6 Å². The number of hydrogen-bond donors (Lipinski definition) is 3. The quantitative estimate of drug-likeness (QED) is 0.666. The Bertz CT molecular complexity index is 934. The Labute approximate surface area is 157 Å². The first-order valence-corrected chi connectivity index (χ1v) is 10.1. The summed E-state index contributed by atoms with van der Waals surface area (Å²) < 4.78 is 23.6. The fourth-order valence-corrected chi connectivity index (χ4v) is 3.60. The lowest BCUT2D eigenvalue weighted by atomic mass is 9.89. The number of aromatic nitrogens is 4. The van der Waals surface area contributed by atoms with E-state index in [9.17, 15) is 8.42 Å². The Morgan fingerprint density at radius 1 is 1.15 bits per heavy atom. The molecule has 0 saturated heterocycles. The lowest BCUT2D eigenvalue weighted by Gasteiger charge is -2.22. The maximum atomic E-state index is 11.8. The molecule has 0 bridgehead atoms. The van der Waals surface area contributed by atoms with Gasteiger partial charge >= 0.3 is 0 Å². The molecule has 27 heavy (non-hydrogen) atoms. The third-order valence-electron chi connectivity index (χ3n) is 4.36. The largest absolute Gasteiger partial charge is 0.382 e. The number of anilines is 3. The average Bonchev–Trinajstić information content (AvgIpc) is 2.67. The highest BCUT2D eigenvalue weighted by atomic mass is 32.2. The normalized spacial score (nSPS) is 15.1. The molecule has 11 heteroatoms. The molecule has 0 aliphatic heterocycles. The summed E-state index contributed by atoms with van der Waals surface area (Å²) in [4.78, 5) is 7.94. The van der Waals surface area contributed by atoms with Crippen molar-refractivity contribution in [2.45, 2.75) is 37.1 Å². The molecule has 1 aliphatic rings. The molecule has 2 heterocycles. The zero-order valence-corrected chi connectivity index (χ0v) is 15.4. The summed E-state index contributed by atoms with van der Waals surface area (Å²) in [7, 11) is -4.01. The monoisotopic (exact) mass is 388 g/mol. The Hall–Kier alpha value is -2.84. The van der Waals surface area contributed by atoms with Crippen LogP contribution in [-0.2, 0) is 10.0 Å². The number of nitrogens with two attached hydrogens (primary N) is 1. The molecule has 0 aromatic carbocycles. The Balaban J connectivity index is 1.79. The summed E-state index contributed by atoms with van der Waals surface area (Å²) >= 11 is 0. The predicted molar refractivity (Wildman–Crippen MR) is 98.5 cm³/mol. The van der Waals surface area contributed by atoms with Crippen LogP contribution in [-0.4, -0.2) is 35.1 Å². The second kappa shape index (κ2) is 8.24. The Kier molecular flexibility index (Phi) is 5.78. The topological polar surface area (TPSA) is 160 Å². The van der Waals surface area contributed by atoms with E-state index in [-0.39, 0.29) is 16.5 Å². The number of hydrogen-bond acceptors (Lipinski definition) is 9. The smallest absolute Gasteiger partial charge is 0.259 e. The van der Waals surface area contributed by atoms with Crippen LogP contribution in [0.15, 0.2) is 23.5 Å². The third kappa shape index (κ3) is 5.08. The van der Waals surface area contributed by atoms with Crippen LogP contribution < -0.4 is 15.8 Å². The second-order valence-electron chi connectivity index (χ2n) is 6.40. The molecular formula is C16H20N8O2S.